The molecule has 17 heavy (non-hydrogen) atoms. The highest BCUT2D eigenvalue weighted by atomic mass is 32.2. The summed E-state index contributed by atoms with van der Waals surface area (Å²) in [5, 5.41) is 0. The molecular formula is C14H21NOS. The fourth-order valence-corrected chi connectivity index (χ4v) is 2.75. The van der Waals surface area contributed by atoms with Crippen molar-refractivity contribution in [3.8, 4) is 0 Å². The fourth-order valence-electron chi connectivity index (χ4n) is 2.09. The topological polar surface area (TPSA) is 12.5 Å². The van der Waals surface area contributed by atoms with Crippen molar-refractivity contribution >= 4 is 17.7 Å². The van der Waals surface area contributed by atoms with Gasteiger partial charge in [-0.15, -0.1) is 0 Å². The number of rotatable bonds is 1. The molecule has 0 saturated carbocycles. The Labute approximate surface area is 109 Å². The van der Waals surface area contributed by atoms with Gasteiger partial charge in [0.1, 0.15) is 0 Å². The summed E-state index contributed by atoms with van der Waals surface area (Å²) in [4.78, 5) is 2.41. The molecule has 0 N–H and O–H groups in total. The molecule has 1 aliphatic rings. The molecular weight excluding hydrogens is 230 g/mol. The molecule has 0 bridgehead atoms. The molecule has 0 spiro atoms. The molecule has 1 fully saturated rings. The summed E-state index contributed by atoms with van der Waals surface area (Å²) in [6.45, 7) is 10.8. The Morgan fingerprint density at radius 2 is 2.06 bits per heavy atom. The maximum absolute atomic E-state index is 5.35. The van der Waals surface area contributed by atoms with E-state index in [1.807, 2.05) is 0 Å². The normalized spacial score (nSPS) is 17.3. The van der Waals surface area contributed by atoms with E-state index < -0.39 is 0 Å². The molecule has 0 aromatic heterocycles. The summed E-state index contributed by atoms with van der Waals surface area (Å²) < 4.78 is 5.35. The van der Waals surface area contributed by atoms with Gasteiger partial charge in [-0.25, -0.2) is 0 Å². The van der Waals surface area contributed by atoms with Crippen molar-refractivity contribution in [2.24, 2.45) is 0 Å². The van der Waals surface area contributed by atoms with Crippen molar-refractivity contribution in [1.29, 1.82) is 0 Å². The molecule has 0 aliphatic carbocycles. The third-order valence-electron chi connectivity index (χ3n) is 3.04. The molecule has 2 rings (SSSR count). The molecule has 0 amide bonds. The number of aryl methyl sites for hydroxylation is 1. The van der Waals surface area contributed by atoms with Gasteiger partial charge in [-0.3, -0.25) is 0 Å². The van der Waals surface area contributed by atoms with Gasteiger partial charge >= 0.3 is 0 Å². The van der Waals surface area contributed by atoms with E-state index in [0.717, 1.165) is 19.0 Å². The highest BCUT2D eigenvalue weighted by molar-refractivity contribution is 7.94. The quantitative estimate of drug-likeness (QED) is 0.706. The van der Waals surface area contributed by atoms with Crippen LogP contribution in [-0.4, -0.2) is 19.0 Å². The predicted octanol–water partition coefficient (Wildman–Crippen LogP) is 3.73. The van der Waals surface area contributed by atoms with Gasteiger partial charge in [-0.1, -0.05) is 38.5 Å². The van der Waals surface area contributed by atoms with Crippen LogP contribution in [0.4, 0.5) is 5.69 Å². The zero-order chi connectivity index (χ0) is 12.5. The van der Waals surface area contributed by atoms with Gasteiger partial charge in [-0.2, -0.15) is 0 Å². The van der Waals surface area contributed by atoms with Crippen molar-refractivity contribution < 1.29 is 4.18 Å². The first-order valence-corrected chi connectivity index (χ1v) is 7.00. The van der Waals surface area contributed by atoms with Gasteiger partial charge in [0, 0.05) is 24.3 Å². The van der Waals surface area contributed by atoms with E-state index in [0.29, 0.717) is 0 Å². The molecule has 94 valence electrons. The zero-order valence-electron chi connectivity index (χ0n) is 11.1. The fraction of sp³-hybridized carbons (Fsp3) is 0.571. The SMILES string of the molecule is Cc1ccc(N2CCOSC2)c(C(C)(C)C)c1. The van der Waals surface area contributed by atoms with Crippen LogP contribution >= 0.6 is 12.0 Å². The van der Waals surface area contributed by atoms with E-state index in [9.17, 15) is 0 Å². The summed E-state index contributed by atoms with van der Waals surface area (Å²) in [6, 6.07) is 6.77. The molecule has 0 atom stereocenters. The van der Waals surface area contributed by atoms with Gasteiger partial charge < -0.3 is 9.08 Å². The van der Waals surface area contributed by atoms with Crippen molar-refractivity contribution in [2.45, 2.75) is 33.1 Å². The summed E-state index contributed by atoms with van der Waals surface area (Å²) >= 11 is 1.55. The molecule has 0 unspecified atom stereocenters. The first-order chi connectivity index (χ1) is 7.98. The highest BCUT2D eigenvalue weighted by Gasteiger charge is 2.22. The molecule has 2 nitrogen and oxygen atoms in total. The maximum atomic E-state index is 5.35. The summed E-state index contributed by atoms with van der Waals surface area (Å²) in [5.41, 5.74) is 4.31. The first-order valence-electron chi connectivity index (χ1n) is 6.09. The van der Waals surface area contributed by atoms with Gasteiger partial charge in [0.05, 0.1) is 12.5 Å². The zero-order valence-corrected chi connectivity index (χ0v) is 11.9. The van der Waals surface area contributed by atoms with Crippen molar-refractivity contribution in [3.05, 3.63) is 29.3 Å². The number of benzene rings is 1. The average Bonchev–Trinajstić information content (AvgIpc) is 2.29. The largest absolute Gasteiger partial charge is 0.357 e. The summed E-state index contributed by atoms with van der Waals surface area (Å²) in [6.07, 6.45) is 0. The average molecular weight is 251 g/mol. The van der Waals surface area contributed by atoms with Crippen LogP contribution in [0.1, 0.15) is 31.9 Å². The maximum Gasteiger partial charge on any atom is 0.0902 e. The summed E-state index contributed by atoms with van der Waals surface area (Å²) in [7, 11) is 0. The lowest BCUT2D eigenvalue weighted by molar-refractivity contribution is 0.366. The molecule has 0 radical (unpaired) electrons. The Hall–Kier alpha value is -0.670. The van der Waals surface area contributed by atoms with Crippen LogP contribution in [0.25, 0.3) is 0 Å². The Balaban J connectivity index is 2.38. The van der Waals surface area contributed by atoms with Gasteiger partial charge in [-0.05, 0) is 24.0 Å². The van der Waals surface area contributed by atoms with Crippen LogP contribution < -0.4 is 4.90 Å². The molecule has 1 aromatic rings. The smallest absolute Gasteiger partial charge is 0.0902 e. The molecule has 1 aromatic carbocycles. The van der Waals surface area contributed by atoms with Crippen LogP contribution in [0.2, 0.25) is 0 Å². The van der Waals surface area contributed by atoms with E-state index in [1.165, 1.54) is 16.8 Å². The Morgan fingerprint density at radius 3 is 2.65 bits per heavy atom. The number of anilines is 1. The number of nitrogens with zero attached hydrogens (tertiary/aromatic N) is 1. The van der Waals surface area contributed by atoms with Crippen molar-refractivity contribution in [1.82, 2.24) is 0 Å². The van der Waals surface area contributed by atoms with E-state index >= 15 is 0 Å². The predicted molar refractivity (Wildman–Crippen MR) is 75.6 cm³/mol. The third-order valence-corrected chi connectivity index (χ3v) is 3.79. The van der Waals surface area contributed by atoms with E-state index in [1.54, 1.807) is 12.0 Å². The Bertz CT molecular complexity index is 392. The van der Waals surface area contributed by atoms with E-state index in [4.69, 9.17) is 4.18 Å². The minimum absolute atomic E-state index is 0.185. The van der Waals surface area contributed by atoms with Gasteiger partial charge in [0.15, 0.2) is 0 Å². The second-order valence-corrected chi connectivity index (χ2v) is 6.33. The van der Waals surface area contributed by atoms with Crippen LogP contribution in [0.5, 0.6) is 0 Å². The number of hydrogen-bond donors (Lipinski definition) is 0. The Morgan fingerprint density at radius 1 is 1.29 bits per heavy atom. The highest BCUT2D eigenvalue weighted by Crippen LogP contribution is 2.34. The van der Waals surface area contributed by atoms with Crippen LogP contribution in [0, 0.1) is 6.92 Å². The van der Waals surface area contributed by atoms with Crippen LogP contribution in [-0.2, 0) is 9.60 Å². The third kappa shape index (κ3) is 2.96. The van der Waals surface area contributed by atoms with Crippen molar-refractivity contribution in [3.63, 3.8) is 0 Å². The second-order valence-electron chi connectivity index (χ2n) is 5.60. The van der Waals surface area contributed by atoms with Crippen molar-refractivity contribution in [2.75, 3.05) is 23.9 Å². The lowest BCUT2D eigenvalue weighted by atomic mass is 9.84. The standard InChI is InChI=1S/C14H21NOS/c1-11-5-6-13(12(9-11)14(2,3)4)15-7-8-16-17-10-15/h5-6,9H,7-8,10H2,1-4H3. The van der Waals surface area contributed by atoms with Gasteiger partial charge in [0.2, 0.25) is 0 Å². The molecule has 1 aliphatic heterocycles. The summed E-state index contributed by atoms with van der Waals surface area (Å²) in [5.74, 6) is 0.923. The molecule has 1 saturated heterocycles. The molecule has 3 heteroatoms. The monoisotopic (exact) mass is 251 g/mol. The second kappa shape index (κ2) is 4.91. The van der Waals surface area contributed by atoms with E-state index in [2.05, 4.69) is 50.8 Å². The minimum atomic E-state index is 0.185. The van der Waals surface area contributed by atoms with E-state index in [-0.39, 0.29) is 5.41 Å². The first kappa shape index (κ1) is 12.8. The lowest BCUT2D eigenvalue weighted by Crippen LogP contribution is -2.32. The number of hydrogen-bond acceptors (Lipinski definition) is 3. The Kier molecular flexibility index (Phi) is 3.69. The lowest BCUT2D eigenvalue weighted by Gasteiger charge is -2.33. The van der Waals surface area contributed by atoms with Crippen LogP contribution in [0.3, 0.4) is 0 Å². The minimum Gasteiger partial charge on any atom is -0.357 e. The molecule has 1 heterocycles. The van der Waals surface area contributed by atoms with Crippen LogP contribution in [0.15, 0.2) is 18.2 Å². The van der Waals surface area contributed by atoms with Gasteiger partial charge in [0.25, 0.3) is 0 Å².